The van der Waals surface area contributed by atoms with Crippen LogP contribution >= 0.6 is 31.9 Å². The Hall–Kier alpha value is -1.27. The van der Waals surface area contributed by atoms with Crippen molar-refractivity contribution in [3.63, 3.8) is 0 Å². The van der Waals surface area contributed by atoms with Crippen LogP contribution in [0, 0.1) is 11.6 Å². The predicted molar refractivity (Wildman–Crippen MR) is 76.2 cm³/mol. The second kappa shape index (κ2) is 5.79. The fourth-order valence-electron chi connectivity index (χ4n) is 1.49. The van der Waals surface area contributed by atoms with Crippen molar-refractivity contribution in [2.45, 2.75) is 0 Å². The molecule has 0 aromatic heterocycles. The van der Waals surface area contributed by atoms with Crippen molar-refractivity contribution in [3.05, 3.63) is 62.5 Å². The van der Waals surface area contributed by atoms with Gasteiger partial charge in [0.25, 0.3) is 5.91 Å². The Labute approximate surface area is 125 Å². The summed E-state index contributed by atoms with van der Waals surface area (Å²) >= 11 is 6.47. The Balaban J connectivity index is 2.31. The lowest BCUT2D eigenvalue weighted by Crippen LogP contribution is -2.14. The van der Waals surface area contributed by atoms with Gasteiger partial charge in [-0.3, -0.25) is 4.79 Å². The number of carbonyl (C=O) groups excluding carboxylic acids is 1. The van der Waals surface area contributed by atoms with E-state index in [-0.39, 0.29) is 5.56 Å². The lowest BCUT2D eigenvalue weighted by molar-refractivity contribution is 0.102. The maximum Gasteiger partial charge on any atom is 0.255 e. The summed E-state index contributed by atoms with van der Waals surface area (Å²) in [5.41, 5.74) is -0.174. The zero-order valence-corrected chi connectivity index (χ0v) is 12.6. The van der Waals surface area contributed by atoms with Gasteiger partial charge in [-0.05, 0) is 30.3 Å². The van der Waals surface area contributed by atoms with Crippen LogP contribution in [0.15, 0.2) is 45.3 Å². The topological polar surface area (TPSA) is 29.1 Å². The van der Waals surface area contributed by atoms with Crippen LogP contribution < -0.4 is 5.32 Å². The van der Waals surface area contributed by atoms with Crippen LogP contribution in [0.1, 0.15) is 10.4 Å². The van der Waals surface area contributed by atoms with Gasteiger partial charge in [0.2, 0.25) is 0 Å². The second-order valence-electron chi connectivity index (χ2n) is 3.71. The average Bonchev–Trinajstić information content (AvgIpc) is 2.32. The molecule has 2 aromatic carbocycles. The van der Waals surface area contributed by atoms with Gasteiger partial charge in [0, 0.05) is 14.5 Å². The smallest absolute Gasteiger partial charge is 0.255 e. The summed E-state index contributed by atoms with van der Waals surface area (Å²) in [6.45, 7) is 0. The first-order valence-electron chi connectivity index (χ1n) is 5.19. The van der Waals surface area contributed by atoms with Crippen LogP contribution in [0.5, 0.6) is 0 Å². The van der Waals surface area contributed by atoms with Crippen LogP contribution in [0.2, 0.25) is 0 Å². The van der Waals surface area contributed by atoms with E-state index in [1.807, 2.05) is 0 Å². The Morgan fingerprint density at radius 2 is 1.53 bits per heavy atom. The largest absolute Gasteiger partial charge is 0.317 e. The molecular weight excluding hydrogens is 384 g/mol. The SMILES string of the molecule is O=C(Nc1c(F)cccc1F)c1cc(Br)cc(Br)c1. The fourth-order valence-corrected chi connectivity index (χ4v) is 2.78. The molecule has 2 aromatic rings. The van der Waals surface area contributed by atoms with Gasteiger partial charge in [-0.15, -0.1) is 0 Å². The Bertz CT molecular complexity index is 606. The van der Waals surface area contributed by atoms with Crippen LogP contribution in [0.25, 0.3) is 0 Å². The van der Waals surface area contributed by atoms with Gasteiger partial charge >= 0.3 is 0 Å². The van der Waals surface area contributed by atoms with Crippen molar-refractivity contribution in [1.29, 1.82) is 0 Å². The van der Waals surface area contributed by atoms with E-state index >= 15 is 0 Å². The summed E-state index contributed by atoms with van der Waals surface area (Å²) in [7, 11) is 0. The molecule has 98 valence electrons. The molecule has 0 radical (unpaired) electrons. The molecule has 0 fully saturated rings. The van der Waals surface area contributed by atoms with Crippen molar-refractivity contribution in [3.8, 4) is 0 Å². The summed E-state index contributed by atoms with van der Waals surface area (Å²) in [4.78, 5) is 11.9. The molecule has 0 saturated heterocycles. The van der Waals surface area contributed by atoms with E-state index in [4.69, 9.17) is 0 Å². The molecule has 1 amide bonds. The highest BCUT2D eigenvalue weighted by atomic mass is 79.9. The minimum atomic E-state index is -0.817. The highest BCUT2D eigenvalue weighted by molar-refractivity contribution is 9.11. The Morgan fingerprint density at radius 1 is 1.00 bits per heavy atom. The van der Waals surface area contributed by atoms with Gasteiger partial charge in [0.05, 0.1) is 0 Å². The molecule has 6 heteroatoms. The van der Waals surface area contributed by atoms with Crippen LogP contribution in [-0.4, -0.2) is 5.91 Å². The molecule has 0 atom stereocenters. The number of nitrogens with one attached hydrogen (secondary N) is 1. The van der Waals surface area contributed by atoms with Crippen LogP contribution in [0.4, 0.5) is 14.5 Å². The first kappa shape index (κ1) is 14.1. The third-order valence-corrected chi connectivity index (χ3v) is 3.24. The third-order valence-electron chi connectivity index (χ3n) is 2.33. The van der Waals surface area contributed by atoms with E-state index < -0.39 is 23.2 Å². The van der Waals surface area contributed by atoms with Crippen molar-refractivity contribution < 1.29 is 13.6 Å². The number of carbonyl (C=O) groups is 1. The molecule has 0 heterocycles. The van der Waals surface area contributed by atoms with E-state index in [1.165, 1.54) is 6.07 Å². The highest BCUT2D eigenvalue weighted by Crippen LogP contribution is 2.23. The van der Waals surface area contributed by atoms with E-state index in [0.29, 0.717) is 8.95 Å². The lowest BCUT2D eigenvalue weighted by Gasteiger charge is -2.08. The number of hydrogen-bond donors (Lipinski definition) is 1. The molecule has 0 aliphatic heterocycles. The van der Waals surface area contributed by atoms with Crippen LogP contribution in [0.3, 0.4) is 0 Å². The van der Waals surface area contributed by atoms with Gasteiger partial charge in [-0.1, -0.05) is 37.9 Å². The zero-order chi connectivity index (χ0) is 14.0. The monoisotopic (exact) mass is 389 g/mol. The van der Waals surface area contributed by atoms with Gasteiger partial charge < -0.3 is 5.32 Å². The molecule has 2 rings (SSSR count). The summed E-state index contributed by atoms with van der Waals surface area (Å²) in [5, 5.41) is 2.22. The minimum Gasteiger partial charge on any atom is -0.317 e. The van der Waals surface area contributed by atoms with Gasteiger partial charge in [0.15, 0.2) is 0 Å². The first-order chi connectivity index (χ1) is 8.97. The molecule has 0 aliphatic rings. The van der Waals surface area contributed by atoms with E-state index in [1.54, 1.807) is 18.2 Å². The maximum atomic E-state index is 13.4. The van der Waals surface area contributed by atoms with Crippen molar-refractivity contribution in [1.82, 2.24) is 0 Å². The highest BCUT2D eigenvalue weighted by Gasteiger charge is 2.14. The van der Waals surface area contributed by atoms with E-state index in [0.717, 1.165) is 12.1 Å². The minimum absolute atomic E-state index is 0.281. The normalized spacial score (nSPS) is 10.3. The number of rotatable bonds is 2. The molecular formula is C13H7Br2F2NO. The molecule has 0 bridgehead atoms. The second-order valence-corrected chi connectivity index (χ2v) is 5.54. The predicted octanol–water partition coefficient (Wildman–Crippen LogP) is 4.74. The van der Waals surface area contributed by atoms with E-state index in [2.05, 4.69) is 37.2 Å². The van der Waals surface area contributed by atoms with Gasteiger partial charge in [-0.2, -0.15) is 0 Å². The Morgan fingerprint density at radius 3 is 2.05 bits per heavy atom. The molecule has 0 unspecified atom stereocenters. The molecule has 0 spiro atoms. The molecule has 0 aliphatic carbocycles. The summed E-state index contributed by atoms with van der Waals surface area (Å²) in [6.07, 6.45) is 0. The first-order valence-corrected chi connectivity index (χ1v) is 6.77. The summed E-state index contributed by atoms with van der Waals surface area (Å²) < 4.78 is 28.2. The number of anilines is 1. The Kier molecular flexibility index (Phi) is 4.31. The summed E-state index contributed by atoms with van der Waals surface area (Å²) in [5.74, 6) is -2.23. The lowest BCUT2D eigenvalue weighted by atomic mass is 10.2. The van der Waals surface area contributed by atoms with E-state index in [9.17, 15) is 13.6 Å². The van der Waals surface area contributed by atoms with Crippen molar-refractivity contribution >= 4 is 43.5 Å². The number of benzene rings is 2. The molecule has 19 heavy (non-hydrogen) atoms. The van der Waals surface area contributed by atoms with Crippen LogP contribution in [-0.2, 0) is 0 Å². The number of halogens is 4. The third kappa shape index (κ3) is 3.39. The number of para-hydroxylation sites is 1. The zero-order valence-electron chi connectivity index (χ0n) is 9.38. The fraction of sp³-hybridized carbons (Fsp3) is 0. The maximum absolute atomic E-state index is 13.4. The summed E-state index contributed by atoms with van der Waals surface area (Å²) in [6, 6.07) is 8.25. The van der Waals surface area contributed by atoms with Crippen molar-refractivity contribution in [2.24, 2.45) is 0 Å². The molecule has 2 nitrogen and oxygen atoms in total. The number of hydrogen-bond acceptors (Lipinski definition) is 1. The molecule has 1 N–H and O–H groups in total. The standard InChI is InChI=1S/C13H7Br2F2NO/c14-8-4-7(5-9(15)6-8)13(19)18-12-10(16)2-1-3-11(12)17/h1-6H,(H,18,19). The van der Waals surface area contributed by atoms with Gasteiger partial charge in [0.1, 0.15) is 17.3 Å². The van der Waals surface area contributed by atoms with Crippen molar-refractivity contribution in [2.75, 3.05) is 5.32 Å². The number of amides is 1. The van der Waals surface area contributed by atoms with Gasteiger partial charge in [-0.25, -0.2) is 8.78 Å². The average molecular weight is 391 g/mol. The quantitative estimate of drug-likeness (QED) is 0.788. The molecule has 0 saturated carbocycles.